The lowest BCUT2D eigenvalue weighted by Crippen LogP contribution is -2.52. The third kappa shape index (κ3) is 3.45. The maximum atomic E-state index is 5.12. The Morgan fingerprint density at radius 3 is 2.60 bits per heavy atom. The number of aliphatic imine (C=N–C) groups is 1. The minimum Gasteiger partial charge on any atom is -0.372 e. The number of benzene rings is 1. The monoisotopic (exact) mass is 416 g/mol. The Morgan fingerprint density at radius 2 is 1.83 bits per heavy atom. The van der Waals surface area contributed by atoms with Crippen LogP contribution in [0.4, 0.5) is 11.4 Å². The summed E-state index contributed by atoms with van der Waals surface area (Å²) in [4.78, 5) is 7.70. The van der Waals surface area contributed by atoms with Crippen molar-refractivity contribution in [3.63, 3.8) is 0 Å². The quantitative estimate of drug-likeness (QED) is 0.296. The van der Waals surface area contributed by atoms with Crippen molar-refractivity contribution in [1.82, 2.24) is 0 Å². The van der Waals surface area contributed by atoms with Crippen molar-refractivity contribution in [2.45, 2.75) is 51.1 Å². The molecule has 2 saturated heterocycles. The van der Waals surface area contributed by atoms with Crippen LogP contribution in [0.15, 0.2) is 59.3 Å². The molecule has 1 aromatic rings. The highest BCUT2D eigenvalue weighted by molar-refractivity contribution is 7.02. The van der Waals surface area contributed by atoms with E-state index in [4.69, 9.17) is 4.99 Å². The van der Waals surface area contributed by atoms with Gasteiger partial charge in [0.25, 0.3) is 0 Å². The summed E-state index contributed by atoms with van der Waals surface area (Å²) in [6, 6.07) is 8.12. The van der Waals surface area contributed by atoms with Gasteiger partial charge in [-0.25, -0.2) is 9.57 Å². The highest BCUT2D eigenvalue weighted by Gasteiger charge is 2.41. The van der Waals surface area contributed by atoms with Crippen molar-refractivity contribution >= 4 is 36.1 Å². The first kappa shape index (κ1) is 19.7. The molecular formula is C26H34N3Si+. The summed E-state index contributed by atoms with van der Waals surface area (Å²) in [6.45, 7) is 11.4. The topological polar surface area (TPSA) is 18.6 Å². The van der Waals surface area contributed by atoms with Gasteiger partial charge in [-0.3, -0.25) is 0 Å². The Kier molecular flexibility index (Phi) is 5.36. The molecule has 0 bridgehead atoms. The van der Waals surface area contributed by atoms with Gasteiger partial charge in [-0.2, -0.15) is 0 Å². The summed E-state index contributed by atoms with van der Waals surface area (Å²) in [5.74, 6) is 0. The first-order chi connectivity index (χ1) is 14.7. The second-order valence-electron chi connectivity index (χ2n) is 9.44. The van der Waals surface area contributed by atoms with E-state index in [1.54, 1.807) is 0 Å². The number of hydrogen-bond acceptors (Lipinski definition) is 2. The van der Waals surface area contributed by atoms with Crippen molar-refractivity contribution in [2.24, 2.45) is 4.99 Å². The summed E-state index contributed by atoms with van der Waals surface area (Å²) >= 11 is 0. The van der Waals surface area contributed by atoms with Crippen molar-refractivity contribution in [3.8, 4) is 0 Å². The van der Waals surface area contributed by atoms with Crippen LogP contribution >= 0.6 is 0 Å². The zero-order valence-electron chi connectivity index (χ0n) is 18.4. The molecule has 2 fully saturated rings. The maximum Gasteiger partial charge on any atom is 0.199 e. The first-order valence-corrected chi connectivity index (χ1v) is 14.5. The molecule has 4 aliphatic rings. The molecule has 4 heteroatoms. The van der Waals surface area contributed by atoms with Gasteiger partial charge in [0.1, 0.15) is 21.2 Å². The molecule has 0 radical (unpaired) electrons. The molecule has 0 aromatic heterocycles. The molecule has 0 N–H and O–H groups in total. The van der Waals surface area contributed by atoms with E-state index in [0.29, 0.717) is 0 Å². The Balaban J connectivity index is 1.60. The summed E-state index contributed by atoms with van der Waals surface area (Å²) < 4.78 is 2.58. The third-order valence-corrected chi connectivity index (χ3v) is 11.7. The summed E-state index contributed by atoms with van der Waals surface area (Å²) in [7, 11) is -1.93. The standard InChI is InChI=1S/C26H34N3Si/c1-3-18-30(2)25-19-21(28-14-6-4-7-15-28)10-12-23(25)27-24-13-11-22(20-26(24)30)29-16-8-5-9-17-29/h3,10-13,19-20H,1,4-9,14-18H2,2H3/q+1. The van der Waals surface area contributed by atoms with Crippen LogP contribution in [0, 0.1) is 0 Å². The van der Waals surface area contributed by atoms with Gasteiger partial charge >= 0.3 is 0 Å². The predicted molar refractivity (Wildman–Crippen MR) is 132 cm³/mol. The summed E-state index contributed by atoms with van der Waals surface area (Å²) in [6.07, 6.45) is 17.2. The Bertz CT molecular complexity index is 970. The fraction of sp³-hybridized carbons (Fsp3) is 0.462. The molecule has 1 unspecified atom stereocenters. The van der Waals surface area contributed by atoms with Gasteiger partial charge in [-0.15, -0.1) is 6.58 Å². The normalized spacial score (nSPS) is 26.0. The van der Waals surface area contributed by atoms with Crippen LogP contribution in [0.25, 0.3) is 0 Å². The Morgan fingerprint density at radius 1 is 1.07 bits per heavy atom. The lowest BCUT2D eigenvalue weighted by Gasteiger charge is -2.37. The number of piperidine rings is 2. The number of rotatable bonds is 3. The van der Waals surface area contributed by atoms with Crippen molar-refractivity contribution in [2.75, 3.05) is 31.1 Å². The minimum absolute atomic E-state index is 1.06. The number of anilines is 1. The highest BCUT2D eigenvalue weighted by atomic mass is 28.3. The number of allylic oxidation sites excluding steroid dienone is 5. The van der Waals surface area contributed by atoms with Gasteiger partial charge in [0, 0.05) is 43.8 Å². The second-order valence-corrected chi connectivity index (χ2v) is 13.6. The van der Waals surface area contributed by atoms with Crippen molar-refractivity contribution in [3.05, 3.63) is 54.3 Å². The predicted octanol–water partition coefficient (Wildman–Crippen LogP) is 4.91. The first-order valence-electron chi connectivity index (χ1n) is 11.8. The molecule has 156 valence electrons. The molecule has 3 heterocycles. The SMILES string of the molecule is C=CC[Si]1(C)C2=CC(=[N+]3CCCCC3)C=CC2=Nc2ccc(N3CCCCC3)cc21. The van der Waals surface area contributed by atoms with E-state index in [2.05, 4.69) is 65.1 Å². The number of fused-ring (bicyclic) bond motifs is 2. The fourth-order valence-electron chi connectivity index (χ4n) is 5.61. The van der Waals surface area contributed by atoms with E-state index in [1.165, 1.54) is 97.9 Å². The summed E-state index contributed by atoms with van der Waals surface area (Å²) in [5.41, 5.74) is 5.15. The molecule has 0 spiro atoms. The molecule has 3 nitrogen and oxygen atoms in total. The van der Waals surface area contributed by atoms with Gasteiger partial charge in [0.15, 0.2) is 5.71 Å². The average Bonchev–Trinajstić information content (AvgIpc) is 2.80. The molecule has 0 saturated carbocycles. The van der Waals surface area contributed by atoms with Crippen LogP contribution in [0.3, 0.4) is 0 Å². The van der Waals surface area contributed by atoms with Gasteiger partial charge in [-0.1, -0.05) is 12.6 Å². The molecule has 0 amide bonds. The van der Waals surface area contributed by atoms with Crippen molar-refractivity contribution < 1.29 is 4.58 Å². The van der Waals surface area contributed by atoms with Crippen LogP contribution in [0.1, 0.15) is 38.5 Å². The smallest absolute Gasteiger partial charge is 0.199 e. The molecule has 3 aliphatic heterocycles. The lowest BCUT2D eigenvalue weighted by molar-refractivity contribution is -0.535. The van der Waals surface area contributed by atoms with E-state index in [1.807, 2.05) is 0 Å². The van der Waals surface area contributed by atoms with Crippen LogP contribution < -0.4 is 10.1 Å². The zero-order valence-corrected chi connectivity index (χ0v) is 19.4. The van der Waals surface area contributed by atoms with Crippen LogP contribution in [0.2, 0.25) is 12.6 Å². The van der Waals surface area contributed by atoms with E-state index in [0.717, 1.165) is 6.04 Å². The molecule has 5 rings (SSSR count). The van der Waals surface area contributed by atoms with Gasteiger partial charge in [0.05, 0.1) is 11.4 Å². The molecule has 1 aliphatic carbocycles. The second kappa shape index (κ2) is 8.14. The van der Waals surface area contributed by atoms with Gasteiger partial charge < -0.3 is 4.90 Å². The zero-order chi connectivity index (χ0) is 20.6. The highest BCUT2D eigenvalue weighted by Crippen LogP contribution is 2.35. The summed E-state index contributed by atoms with van der Waals surface area (Å²) in [5, 5.41) is 2.99. The van der Waals surface area contributed by atoms with E-state index in [9.17, 15) is 0 Å². The van der Waals surface area contributed by atoms with Crippen LogP contribution in [-0.2, 0) is 0 Å². The number of nitrogens with zero attached hydrogens (tertiary/aromatic N) is 3. The van der Waals surface area contributed by atoms with Gasteiger partial charge in [0.2, 0.25) is 0 Å². The van der Waals surface area contributed by atoms with Crippen molar-refractivity contribution in [1.29, 1.82) is 0 Å². The van der Waals surface area contributed by atoms with Gasteiger partial charge in [-0.05, 0) is 66.4 Å². The maximum absolute atomic E-state index is 5.12. The molecule has 30 heavy (non-hydrogen) atoms. The molecular weight excluding hydrogens is 382 g/mol. The van der Waals surface area contributed by atoms with E-state index < -0.39 is 8.07 Å². The Labute approximate surface area is 182 Å². The molecule has 1 atom stereocenters. The largest absolute Gasteiger partial charge is 0.372 e. The number of hydrogen-bond donors (Lipinski definition) is 0. The minimum atomic E-state index is -1.93. The van der Waals surface area contributed by atoms with E-state index >= 15 is 0 Å². The van der Waals surface area contributed by atoms with E-state index in [-0.39, 0.29) is 0 Å². The fourth-order valence-corrected chi connectivity index (χ4v) is 9.26. The average molecular weight is 417 g/mol. The van der Waals surface area contributed by atoms with Crippen LogP contribution in [0.5, 0.6) is 0 Å². The lowest BCUT2D eigenvalue weighted by atomic mass is 10.1. The molecule has 1 aromatic carbocycles. The third-order valence-electron chi connectivity index (χ3n) is 7.39. The Hall–Kier alpha value is -2.20. The van der Waals surface area contributed by atoms with Crippen LogP contribution in [-0.4, -0.2) is 50.3 Å².